The van der Waals surface area contributed by atoms with E-state index < -0.39 is 0 Å². The van der Waals surface area contributed by atoms with Gasteiger partial charge in [-0.1, -0.05) is 23.8 Å². The third-order valence-electron chi connectivity index (χ3n) is 5.03. The molecule has 2 N–H and O–H groups in total. The van der Waals surface area contributed by atoms with Crippen LogP contribution in [-0.2, 0) is 0 Å². The maximum atomic E-state index is 6.36. The Bertz CT molecular complexity index is 1140. The highest BCUT2D eigenvalue weighted by Gasteiger charge is 2.17. The van der Waals surface area contributed by atoms with Crippen LogP contribution in [-0.4, -0.2) is 29.0 Å². The average Bonchev–Trinajstić information content (AvgIpc) is 3.52. The minimum atomic E-state index is 0.506. The van der Waals surface area contributed by atoms with Crippen LogP contribution in [0.15, 0.2) is 53.0 Å². The summed E-state index contributed by atoms with van der Waals surface area (Å²) in [6, 6.07) is 9.50. The maximum absolute atomic E-state index is 6.36. The number of benzene rings is 1. The van der Waals surface area contributed by atoms with Gasteiger partial charge in [0.05, 0.1) is 11.3 Å². The van der Waals surface area contributed by atoms with Crippen molar-refractivity contribution in [3.63, 3.8) is 0 Å². The van der Waals surface area contributed by atoms with Crippen molar-refractivity contribution in [2.45, 2.75) is 19.3 Å². The van der Waals surface area contributed by atoms with Crippen molar-refractivity contribution in [3.8, 4) is 22.9 Å². The van der Waals surface area contributed by atoms with Gasteiger partial charge in [-0.05, 0) is 61.1 Å². The molecule has 8 heteroatoms. The second kappa shape index (κ2) is 9.08. The summed E-state index contributed by atoms with van der Waals surface area (Å²) in [7, 11) is 0. The van der Waals surface area contributed by atoms with Gasteiger partial charge in [0.25, 0.3) is 0 Å². The number of nitrogens with zero attached hydrogens (tertiary/aromatic N) is 3. The zero-order chi connectivity index (χ0) is 21.0. The molecule has 0 unspecified atom stereocenters. The summed E-state index contributed by atoms with van der Waals surface area (Å²) in [4.78, 5) is 13.6. The molecule has 1 aromatic carbocycles. The van der Waals surface area contributed by atoms with E-state index in [1.54, 1.807) is 6.20 Å². The van der Waals surface area contributed by atoms with Gasteiger partial charge in [0.2, 0.25) is 5.88 Å². The van der Waals surface area contributed by atoms with E-state index in [1.165, 1.54) is 24.2 Å². The van der Waals surface area contributed by atoms with E-state index in [9.17, 15) is 0 Å². The minimum absolute atomic E-state index is 0.506. The highest BCUT2D eigenvalue weighted by Crippen LogP contribution is 2.35. The Morgan fingerprint density at radius 1 is 1.26 bits per heavy atom. The predicted octanol–water partition coefficient (Wildman–Crippen LogP) is 5.84. The van der Waals surface area contributed by atoms with Gasteiger partial charge in [-0.15, -0.1) is 11.3 Å². The molecule has 31 heavy (non-hydrogen) atoms. The minimum Gasteiger partial charge on any atom is -0.438 e. The molecule has 0 radical (unpaired) electrons. The smallest absolute Gasteiger partial charge is 0.228 e. The second-order valence-electron chi connectivity index (χ2n) is 7.51. The van der Waals surface area contributed by atoms with Crippen molar-refractivity contribution >= 4 is 40.1 Å². The molecule has 6 nitrogen and oxygen atoms in total. The van der Waals surface area contributed by atoms with Crippen LogP contribution in [0.2, 0.25) is 5.02 Å². The van der Waals surface area contributed by atoms with E-state index in [1.807, 2.05) is 35.7 Å². The van der Waals surface area contributed by atoms with Crippen LogP contribution in [0.5, 0.6) is 11.6 Å². The number of pyridine rings is 1. The molecule has 158 valence electrons. The van der Waals surface area contributed by atoms with E-state index in [0.717, 1.165) is 47.4 Å². The summed E-state index contributed by atoms with van der Waals surface area (Å²) < 4.78 is 6.15. The standard InChI is InChI=1S/C23H22ClN5OS/c24-19-9-8-17(13-16(19)7-6-15-4-5-15)30-21-18(3-1-10-25-21)20-14-31-23(28-20)29-22-26-11-2-12-27-22/h1,3,6-10,13-15H,2,4-5,11-12H2,(H2,26,27,28,29)/b7-6+. The summed E-state index contributed by atoms with van der Waals surface area (Å²) in [5.74, 6) is 2.65. The van der Waals surface area contributed by atoms with Gasteiger partial charge in [-0.25, -0.2) is 9.97 Å². The Morgan fingerprint density at radius 2 is 2.19 bits per heavy atom. The first-order valence-corrected chi connectivity index (χ1v) is 11.6. The van der Waals surface area contributed by atoms with E-state index in [2.05, 4.69) is 32.8 Å². The number of allylic oxidation sites excluding steroid dienone is 1. The van der Waals surface area contributed by atoms with Crippen molar-refractivity contribution in [1.82, 2.24) is 15.3 Å². The normalized spacial score (nSPS) is 16.1. The SMILES string of the molecule is Clc1ccc(Oc2ncccc2-c2csc(NC3=NCCCN3)n2)cc1/C=C/C1CC1. The Labute approximate surface area is 190 Å². The Morgan fingerprint density at radius 3 is 3.03 bits per heavy atom. The summed E-state index contributed by atoms with van der Waals surface area (Å²) in [5, 5.41) is 9.96. The summed E-state index contributed by atoms with van der Waals surface area (Å²) in [6.45, 7) is 1.75. The number of nitrogens with one attached hydrogen (secondary N) is 2. The van der Waals surface area contributed by atoms with Crippen LogP contribution < -0.4 is 15.4 Å². The number of rotatable bonds is 6. The van der Waals surface area contributed by atoms with Gasteiger partial charge in [0, 0.05) is 29.7 Å². The first-order chi connectivity index (χ1) is 15.2. The highest BCUT2D eigenvalue weighted by molar-refractivity contribution is 7.14. The third-order valence-corrected chi connectivity index (χ3v) is 6.13. The van der Waals surface area contributed by atoms with Crippen LogP contribution in [0, 0.1) is 5.92 Å². The maximum Gasteiger partial charge on any atom is 0.228 e. The van der Waals surface area contributed by atoms with Crippen LogP contribution in [0.3, 0.4) is 0 Å². The lowest BCUT2D eigenvalue weighted by atomic mass is 10.2. The average molecular weight is 452 g/mol. The lowest BCUT2D eigenvalue weighted by molar-refractivity contribution is 0.464. The molecule has 1 fully saturated rings. The number of hydrogen-bond donors (Lipinski definition) is 2. The van der Waals surface area contributed by atoms with Crippen molar-refractivity contribution in [3.05, 3.63) is 58.6 Å². The summed E-state index contributed by atoms with van der Waals surface area (Å²) >= 11 is 7.88. The van der Waals surface area contributed by atoms with Crippen molar-refractivity contribution in [1.29, 1.82) is 0 Å². The molecule has 3 heterocycles. The fraction of sp³-hybridized carbons (Fsp3) is 0.261. The number of thiazole rings is 1. The molecule has 1 aliphatic heterocycles. The molecule has 3 aromatic rings. The molecule has 0 spiro atoms. The van der Waals surface area contributed by atoms with Gasteiger partial charge in [0.15, 0.2) is 11.1 Å². The van der Waals surface area contributed by atoms with Crippen molar-refractivity contribution in [2.75, 3.05) is 18.4 Å². The van der Waals surface area contributed by atoms with E-state index in [-0.39, 0.29) is 0 Å². The number of hydrogen-bond acceptors (Lipinski definition) is 7. The third kappa shape index (κ3) is 5.06. The molecule has 0 atom stereocenters. The molecule has 1 saturated carbocycles. The molecular formula is C23H22ClN5OS. The molecule has 0 bridgehead atoms. The van der Waals surface area contributed by atoms with Crippen LogP contribution in [0.25, 0.3) is 17.3 Å². The van der Waals surface area contributed by atoms with Crippen molar-refractivity contribution < 1.29 is 4.74 Å². The van der Waals surface area contributed by atoms with Crippen LogP contribution in [0.1, 0.15) is 24.8 Å². The zero-order valence-corrected chi connectivity index (χ0v) is 18.4. The quantitative estimate of drug-likeness (QED) is 0.493. The molecule has 0 amide bonds. The number of guanidine groups is 1. The lowest BCUT2D eigenvalue weighted by Crippen LogP contribution is -2.35. The fourth-order valence-corrected chi connectivity index (χ4v) is 4.08. The second-order valence-corrected chi connectivity index (χ2v) is 8.78. The topological polar surface area (TPSA) is 71.4 Å². The molecule has 2 aromatic heterocycles. The van der Waals surface area contributed by atoms with E-state index in [0.29, 0.717) is 22.6 Å². The van der Waals surface area contributed by atoms with Gasteiger partial charge in [0.1, 0.15) is 5.75 Å². The molecule has 2 aliphatic rings. The van der Waals surface area contributed by atoms with Gasteiger partial charge in [-0.3, -0.25) is 4.99 Å². The van der Waals surface area contributed by atoms with Gasteiger partial charge >= 0.3 is 0 Å². The molecule has 1 aliphatic carbocycles. The van der Waals surface area contributed by atoms with E-state index >= 15 is 0 Å². The Hall–Kier alpha value is -2.90. The number of halogens is 1. The number of aromatic nitrogens is 2. The Kier molecular flexibility index (Phi) is 5.86. The first-order valence-electron chi connectivity index (χ1n) is 10.4. The predicted molar refractivity (Wildman–Crippen MR) is 127 cm³/mol. The van der Waals surface area contributed by atoms with Crippen molar-refractivity contribution in [2.24, 2.45) is 10.9 Å². The fourth-order valence-electron chi connectivity index (χ4n) is 3.19. The largest absolute Gasteiger partial charge is 0.438 e. The van der Waals surface area contributed by atoms with Crippen LogP contribution >= 0.6 is 22.9 Å². The summed E-state index contributed by atoms with van der Waals surface area (Å²) in [6.07, 6.45) is 9.58. The molecule has 0 saturated heterocycles. The first kappa shape index (κ1) is 20.0. The van der Waals surface area contributed by atoms with E-state index in [4.69, 9.17) is 21.3 Å². The van der Waals surface area contributed by atoms with Gasteiger partial charge in [-0.2, -0.15) is 0 Å². The number of aliphatic imine (C=N–C) groups is 1. The lowest BCUT2D eigenvalue weighted by Gasteiger charge is -2.14. The highest BCUT2D eigenvalue weighted by atomic mass is 35.5. The monoisotopic (exact) mass is 451 g/mol. The zero-order valence-electron chi connectivity index (χ0n) is 16.8. The Balaban J connectivity index is 1.36. The summed E-state index contributed by atoms with van der Waals surface area (Å²) in [5.41, 5.74) is 2.58. The molecule has 5 rings (SSSR count). The van der Waals surface area contributed by atoms with Crippen LogP contribution in [0.4, 0.5) is 5.13 Å². The van der Waals surface area contributed by atoms with Gasteiger partial charge < -0.3 is 15.4 Å². The molecular weight excluding hydrogens is 430 g/mol. The number of ether oxygens (including phenoxy) is 1. The number of anilines is 1.